The summed E-state index contributed by atoms with van der Waals surface area (Å²) in [6.07, 6.45) is 0. The summed E-state index contributed by atoms with van der Waals surface area (Å²) in [6, 6.07) is 12.8. The van der Waals surface area contributed by atoms with Gasteiger partial charge in [0, 0.05) is 10.6 Å². The van der Waals surface area contributed by atoms with Crippen LogP contribution in [0.1, 0.15) is 0 Å². The van der Waals surface area contributed by atoms with E-state index in [0.29, 0.717) is 21.3 Å². The Hall–Kier alpha value is -1.04. The summed E-state index contributed by atoms with van der Waals surface area (Å²) in [5.74, 6) is -0.743. The number of anilines is 1. The van der Waals surface area contributed by atoms with Crippen LogP contribution in [0.3, 0.4) is 0 Å². The zero-order chi connectivity index (χ0) is 16.6. The summed E-state index contributed by atoms with van der Waals surface area (Å²) < 4.78 is -1.02. The summed E-state index contributed by atoms with van der Waals surface area (Å²) in [5.41, 5.74) is 2.01. The second-order valence-electron chi connectivity index (χ2n) is 4.63. The summed E-state index contributed by atoms with van der Waals surface area (Å²) in [6.45, 7) is 0. The van der Waals surface area contributed by atoms with Gasteiger partial charge in [-0.15, -0.1) is 11.3 Å². The molecule has 0 atom stereocenters. The zero-order valence-corrected chi connectivity index (χ0v) is 15.2. The number of carbonyl (C=O) groups is 1. The fraction of sp³-hybridized carbons (Fsp3) is 0.0667. The van der Waals surface area contributed by atoms with Crippen LogP contribution in [0.5, 0.6) is 0 Å². The van der Waals surface area contributed by atoms with Crippen molar-refractivity contribution in [2.24, 2.45) is 0 Å². The van der Waals surface area contributed by atoms with Crippen molar-refractivity contribution in [2.75, 3.05) is 5.32 Å². The number of rotatable bonds is 2. The summed E-state index contributed by atoms with van der Waals surface area (Å²) >= 11 is 24.4. The van der Waals surface area contributed by atoms with Gasteiger partial charge in [0.05, 0.1) is 15.9 Å². The first-order valence-corrected chi connectivity index (χ1v) is 8.71. The van der Waals surface area contributed by atoms with Gasteiger partial charge in [-0.2, -0.15) is 0 Å². The lowest BCUT2D eigenvalue weighted by Gasteiger charge is -2.14. The van der Waals surface area contributed by atoms with Gasteiger partial charge < -0.3 is 5.32 Å². The second-order valence-corrected chi connectivity index (χ2v) is 8.38. The van der Waals surface area contributed by atoms with Gasteiger partial charge in [-0.05, 0) is 30.3 Å². The number of alkyl halides is 3. The van der Waals surface area contributed by atoms with E-state index in [1.54, 1.807) is 18.2 Å². The molecule has 0 spiro atoms. The van der Waals surface area contributed by atoms with Gasteiger partial charge in [0.2, 0.25) is 0 Å². The van der Waals surface area contributed by atoms with Crippen molar-refractivity contribution in [1.82, 2.24) is 4.98 Å². The van der Waals surface area contributed by atoms with Crippen molar-refractivity contribution in [2.45, 2.75) is 3.79 Å². The molecule has 2 aromatic carbocycles. The minimum Gasteiger partial charge on any atom is -0.322 e. The van der Waals surface area contributed by atoms with Crippen molar-refractivity contribution in [3.63, 3.8) is 0 Å². The van der Waals surface area contributed by atoms with Crippen molar-refractivity contribution < 1.29 is 4.79 Å². The van der Waals surface area contributed by atoms with E-state index in [0.717, 1.165) is 10.2 Å². The number of amides is 1. The predicted molar refractivity (Wildman–Crippen MR) is 99.0 cm³/mol. The molecule has 1 amide bonds. The van der Waals surface area contributed by atoms with Gasteiger partial charge in [0.1, 0.15) is 5.01 Å². The highest BCUT2D eigenvalue weighted by atomic mass is 35.6. The Morgan fingerprint density at radius 2 is 1.87 bits per heavy atom. The van der Waals surface area contributed by atoms with Crippen LogP contribution in [-0.2, 0) is 4.79 Å². The molecule has 0 aliphatic rings. The number of carbonyl (C=O) groups excluding carboxylic acids is 1. The molecular weight excluding hydrogens is 398 g/mol. The van der Waals surface area contributed by atoms with E-state index < -0.39 is 9.70 Å². The average Bonchev–Trinajstić information content (AvgIpc) is 2.91. The van der Waals surface area contributed by atoms with Crippen molar-refractivity contribution in [3.8, 4) is 10.6 Å². The maximum atomic E-state index is 11.9. The van der Waals surface area contributed by atoms with Crippen molar-refractivity contribution >= 4 is 79.6 Å². The fourth-order valence-corrected chi connectivity index (χ4v) is 3.29. The van der Waals surface area contributed by atoms with E-state index in [9.17, 15) is 4.79 Å². The molecule has 0 bridgehead atoms. The number of nitrogens with zero attached hydrogens (tertiary/aromatic N) is 1. The van der Waals surface area contributed by atoms with Crippen molar-refractivity contribution in [3.05, 3.63) is 47.5 Å². The van der Waals surface area contributed by atoms with Gasteiger partial charge >= 0.3 is 0 Å². The molecule has 0 aliphatic carbocycles. The molecule has 1 heterocycles. The van der Waals surface area contributed by atoms with E-state index in [4.69, 9.17) is 46.4 Å². The molecule has 0 radical (unpaired) electrons. The third-order valence-corrected chi connectivity index (χ3v) is 4.83. The van der Waals surface area contributed by atoms with Gasteiger partial charge in [0.25, 0.3) is 9.70 Å². The highest BCUT2D eigenvalue weighted by Crippen LogP contribution is 2.37. The number of para-hydroxylation sites is 1. The van der Waals surface area contributed by atoms with E-state index in [-0.39, 0.29) is 0 Å². The molecule has 1 aromatic heterocycles. The Kier molecular flexibility index (Phi) is 4.72. The molecule has 0 unspecified atom stereocenters. The Morgan fingerprint density at radius 1 is 1.13 bits per heavy atom. The summed E-state index contributed by atoms with van der Waals surface area (Å²) in [4.78, 5) is 16.5. The number of halogens is 4. The number of fused-ring (bicyclic) bond motifs is 1. The molecule has 118 valence electrons. The smallest absolute Gasteiger partial charge is 0.276 e. The molecule has 3 nitrogen and oxygen atoms in total. The summed E-state index contributed by atoms with van der Waals surface area (Å²) in [7, 11) is 0. The van der Waals surface area contributed by atoms with E-state index >= 15 is 0 Å². The monoisotopic (exact) mass is 404 g/mol. The minimum atomic E-state index is -2.05. The van der Waals surface area contributed by atoms with Crippen LogP contribution in [-0.4, -0.2) is 14.7 Å². The van der Waals surface area contributed by atoms with Crippen LogP contribution >= 0.6 is 57.7 Å². The molecule has 23 heavy (non-hydrogen) atoms. The van der Waals surface area contributed by atoms with Gasteiger partial charge in [-0.25, -0.2) is 4.98 Å². The number of benzene rings is 2. The fourth-order valence-electron chi connectivity index (χ4n) is 1.98. The molecule has 0 saturated heterocycles. The standard InChI is InChI=1S/C15H8Cl4N2OS/c16-8-5-6-10(21-14(22)15(17,18)19)9(7-8)13-20-11-3-1-2-4-12(11)23-13/h1-7H,(H,21,22). The van der Waals surface area contributed by atoms with Crippen molar-refractivity contribution in [1.29, 1.82) is 0 Å². The maximum Gasteiger partial charge on any atom is 0.276 e. The minimum absolute atomic E-state index is 0.477. The third kappa shape index (κ3) is 3.73. The SMILES string of the molecule is O=C(Nc1ccc(Cl)cc1-c1nc2ccccc2s1)C(Cl)(Cl)Cl. The predicted octanol–water partition coefficient (Wildman–Crippen LogP) is 5.93. The molecule has 3 aromatic rings. The molecule has 8 heteroatoms. The molecule has 0 aliphatic heterocycles. The second kappa shape index (κ2) is 6.46. The number of thiazole rings is 1. The highest BCUT2D eigenvalue weighted by molar-refractivity contribution is 7.21. The van der Waals surface area contributed by atoms with Gasteiger partial charge in [-0.1, -0.05) is 58.5 Å². The van der Waals surface area contributed by atoms with Crippen LogP contribution in [0, 0.1) is 0 Å². The zero-order valence-electron chi connectivity index (χ0n) is 11.3. The van der Waals surface area contributed by atoms with E-state index in [1.165, 1.54) is 11.3 Å². The quantitative estimate of drug-likeness (QED) is 0.537. The number of aromatic nitrogens is 1. The average molecular weight is 406 g/mol. The first-order valence-electron chi connectivity index (χ1n) is 6.38. The Bertz CT molecular complexity index is 856. The van der Waals surface area contributed by atoms with Crippen LogP contribution < -0.4 is 5.32 Å². The molecule has 0 saturated carbocycles. The Balaban J connectivity index is 2.07. The van der Waals surface area contributed by atoms with Gasteiger partial charge in [-0.3, -0.25) is 4.79 Å². The lowest BCUT2D eigenvalue weighted by molar-refractivity contribution is -0.115. The normalized spacial score (nSPS) is 11.7. The van der Waals surface area contributed by atoms with Crippen LogP contribution in [0.25, 0.3) is 20.8 Å². The van der Waals surface area contributed by atoms with Crippen LogP contribution in [0.4, 0.5) is 5.69 Å². The lowest BCUT2D eigenvalue weighted by Crippen LogP contribution is -2.27. The summed E-state index contributed by atoms with van der Waals surface area (Å²) in [5, 5.41) is 3.83. The number of hydrogen-bond acceptors (Lipinski definition) is 3. The maximum absolute atomic E-state index is 11.9. The topological polar surface area (TPSA) is 42.0 Å². The Morgan fingerprint density at radius 3 is 2.57 bits per heavy atom. The highest BCUT2D eigenvalue weighted by Gasteiger charge is 2.31. The first-order chi connectivity index (χ1) is 10.8. The van der Waals surface area contributed by atoms with Crippen LogP contribution in [0.15, 0.2) is 42.5 Å². The lowest BCUT2D eigenvalue weighted by atomic mass is 10.2. The number of hydrogen-bond donors (Lipinski definition) is 1. The molecular formula is C15H8Cl4N2OS. The van der Waals surface area contributed by atoms with E-state index in [1.807, 2.05) is 24.3 Å². The Labute approximate surface area is 156 Å². The third-order valence-electron chi connectivity index (χ3n) is 3.01. The van der Waals surface area contributed by atoms with E-state index in [2.05, 4.69) is 10.3 Å². The van der Waals surface area contributed by atoms with Crippen LogP contribution in [0.2, 0.25) is 5.02 Å². The number of nitrogens with one attached hydrogen (secondary N) is 1. The first kappa shape index (κ1) is 16.8. The molecule has 0 fully saturated rings. The largest absolute Gasteiger partial charge is 0.322 e. The molecule has 1 N–H and O–H groups in total. The van der Waals surface area contributed by atoms with Gasteiger partial charge in [0.15, 0.2) is 0 Å². The molecule has 3 rings (SSSR count).